The molecule has 2 aliphatic heterocycles. The van der Waals surface area contributed by atoms with Crippen LogP contribution in [0.4, 0.5) is 5.82 Å². The lowest BCUT2D eigenvalue weighted by atomic mass is 9.89. The van der Waals surface area contributed by atoms with Crippen LogP contribution < -0.4 is 5.23 Å². The second kappa shape index (κ2) is 7.11. The van der Waals surface area contributed by atoms with Crippen molar-refractivity contribution in [1.82, 2.24) is 4.98 Å². The Bertz CT molecular complexity index is 657. The molecule has 3 heterocycles. The summed E-state index contributed by atoms with van der Waals surface area (Å²) >= 11 is 0. The summed E-state index contributed by atoms with van der Waals surface area (Å²) in [6.07, 6.45) is 3.85. The lowest BCUT2D eigenvalue weighted by Gasteiger charge is -2.36. The van der Waals surface area contributed by atoms with E-state index in [0.29, 0.717) is 12.8 Å². The zero-order valence-corrected chi connectivity index (χ0v) is 16.5. The van der Waals surface area contributed by atoms with E-state index in [4.69, 9.17) is 14.7 Å². The van der Waals surface area contributed by atoms with E-state index in [2.05, 4.69) is 4.98 Å². The summed E-state index contributed by atoms with van der Waals surface area (Å²) in [5, 5.41) is 40.0. The fourth-order valence-electron chi connectivity index (χ4n) is 4.25. The predicted octanol–water partition coefficient (Wildman–Crippen LogP) is 0.968. The van der Waals surface area contributed by atoms with Gasteiger partial charge in [-0.1, -0.05) is 0 Å². The molecule has 0 radical (unpaired) electrons. The van der Waals surface area contributed by atoms with E-state index in [1.165, 1.54) is 6.07 Å². The Balaban J connectivity index is 1.63. The van der Waals surface area contributed by atoms with Crippen LogP contribution in [0.15, 0.2) is 12.3 Å². The zero-order chi connectivity index (χ0) is 20.0. The first-order valence-corrected chi connectivity index (χ1v) is 9.60. The summed E-state index contributed by atoms with van der Waals surface area (Å²) in [5.41, 5.74) is -1.36. The van der Waals surface area contributed by atoms with Crippen LogP contribution in [0, 0.1) is 5.21 Å². The monoisotopic (exact) mass is 384 g/mol. The number of hydrogen-bond acceptors (Lipinski definition) is 6. The van der Waals surface area contributed by atoms with Crippen LogP contribution in [0.25, 0.3) is 0 Å². The van der Waals surface area contributed by atoms with Crippen molar-refractivity contribution in [3.8, 4) is 0 Å². The van der Waals surface area contributed by atoms with Crippen molar-refractivity contribution in [3.63, 3.8) is 0 Å². The molecule has 1 aromatic rings. The van der Waals surface area contributed by atoms with Gasteiger partial charge in [-0.3, -0.25) is 0 Å². The van der Waals surface area contributed by atoms with Crippen molar-refractivity contribution in [2.45, 2.75) is 94.9 Å². The van der Waals surface area contributed by atoms with Gasteiger partial charge >= 0.3 is 0 Å². The lowest BCUT2D eigenvalue weighted by molar-refractivity contribution is -0.993. The molecule has 2 aliphatic rings. The molecule has 6 atom stereocenters. The molecule has 8 heteroatoms. The zero-order valence-electron chi connectivity index (χ0n) is 16.5. The second-order valence-corrected chi connectivity index (χ2v) is 9.02. The maximum atomic E-state index is 11.0. The van der Waals surface area contributed by atoms with Gasteiger partial charge in [0, 0.05) is 18.7 Å². The maximum Gasteiger partial charge on any atom is 0.237 e. The fraction of sp³-hybridized carbons (Fsp3) is 0.789. The molecule has 0 amide bonds. The molecule has 27 heavy (non-hydrogen) atoms. The van der Waals surface area contributed by atoms with E-state index in [-0.39, 0.29) is 18.0 Å². The Labute approximate surface area is 159 Å². The van der Waals surface area contributed by atoms with Gasteiger partial charge < -0.3 is 29.9 Å². The van der Waals surface area contributed by atoms with Crippen molar-refractivity contribution < 1.29 is 30.1 Å². The Hall–Kier alpha value is -1.00. The normalized spacial score (nSPS) is 36.9. The number of H-pyrrole nitrogens is 1. The average molecular weight is 384 g/mol. The first kappa shape index (κ1) is 20.7. The highest BCUT2D eigenvalue weighted by molar-refractivity contribution is 5.27. The van der Waals surface area contributed by atoms with Crippen molar-refractivity contribution >= 4 is 5.82 Å². The number of nitrogens with one attached hydrogen (secondary N) is 2. The molecule has 5 N–H and O–H groups in total. The molecule has 0 saturated carbocycles. The van der Waals surface area contributed by atoms with Crippen molar-refractivity contribution in [3.05, 3.63) is 23.0 Å². The molecule has 0 bridgehead atoms. The number of hydrogen-bond donors (Lipinski definition) is 5. The van der Waals surface area contributed by atoms with E-state index < -0.39 is 28.1 Å². The van der Waals surface area contributed by atoms with Gasteiger partial charge in [-0.15, -0.1) is 0 Å². The van der Waals surface area contributed by atoms with Gasteiger partial charge in [0.2, 0.25) is 5.82 Å². The van der Waals surface area contributed by atoms with Gasteiger partial charge in [0.25, 0.3) is 0 Å². The predicted molar refractivity (Wildman–Crippen MR) is 97.6 cm³/mol. The summed E-state index contributed by atoms with van der Waals surface area (Å²) in [5.74, 6) is 0.108. The van der Waals surface area contributed by atoms with Crippen molar-refractivity contribution in [2.24, 2.45) is 0 Å². The SMILES string of the molecule is CC(C)(O)C1CCC(C)(C2CCC(C)(C(O)Cc3c[nH]c([NH+]([O-])O)c3)O2)O1. The van der Waals surface area contributed by atoms with Gasteiger partial charge in [-0.2, -0.15) is 5.23 Å². The van der Waals surface area contributed by atoms with E-state index in [1.54, 1.807) is 20.0 Å². The molecule has 154 valence electrons. The first-order valence-electron chi connectivity index (χ1n) is 9.60. The van der Waals surface area contributed by atoms with Crippen LogP contribution in [-0.2, 0) is 15.9 Å². The molecule has 3 rings (SSSR count). The van der Waals surface area contributed by atoms with Gasteiger partial charge in [0.1, 0.15) is 0 Å². The van der Waals surface area contributed by atoms with Crippen molar-refractivity contribution in [2.75, 3.05) is 0 Å². The van der Waals surface area contributed by atoms with E-state index in [0.717, 1.165) is 24.8 Å². The molecule has 6 unspecified atom stereocenters. The van der Waals surface area contributed by atoms with E-state index >= 15 is 0 Å². The summed E-state index contributed by atoms with van der Waals surface area (Å²) in [7, 11) is 0. The third kappa shape index (κ3) is 4.22. The highest BCUT2D eigenvalue weighted by Crippen LogP contribution is 2.45. The maximum absolute atomic E-state index is 11.0. The summed E-state index contributed by atoms with van der Waals surface area (Å²) in [6, 6.07) is 1.54. The number of aromatic amines is 1. The van der Waals surface area contributed by atoms with Crippen LogP contribution in [0.3, 0.4) is 0 Å². The van der Waals surface area contributed by atoms with Gasteiger partial charge in [-0.25, -0.2) is 5.21 Å². The Kier molecular flexibility index (Phi) is 5.46. The number of rotatable bonds is 6. The molecule has 2 fully saturated rings. The van der Waals surface area contributed by atoms with Crippen LogP contribution in [0.1, 0.15) is 58.9 Å². The van der Waals surface area contributed by atoms with E-state index in [1.807, 2.05) is 13.8 Å². The third-order valence-corrected chi connectivity index (χ3v) is 6.21. The highest BCUT2D eigenvalue weighted by Gasteiger charge is 2.53. The quantitative estimate of drug-likeness (QED) is 0.466. The summed E-state index contributed by atoms with van der Waals surface area (Å²) in [6.45, 7) is 7.44. The second-order valence-electron chi connectivity index (χ2n) is 9.02. The van der Waals surface area contributed by atoms with Crippen molar-refractivity contribution in [1.29, 1.82) is 0 Å². The number of aliphatic hydroxyl groups excluding tert-OH is 1. The first-order chi connectivity index (χ1) is 12.4. The molecular weight excluding hydrogens is 352 g/mol. The smallest absolute Gasteiger partial charge is 0.237 e. The minimum absolute atomic E-state index is 0.108. The standard InChI is InChI=1S/C19H32N2O6/c1-17(2,23)14-5-8-19(4,26-14)15-6-7-18(3,27-15)13(22)9-12-10-16(20-11-12)21(24)25/h10-11,13-15,20-24H,5-9H2,1-4H3. The lowest BCUT2D eigenvalue weighted by Crippen LogP contribution is -2.99. The Morgan fingerprint density at radius 3 is 2.59 bits per heavy atom. The molecule has 2 saturated heterocycles. The molecule has 0 aromatic carbocycles. The Morgan fingerprint density at radius 1 is 1.33 bits per heavy atom. The van der Waals surface area contributed by atoms with Gasteiger partial charge in [-0.05, 0) is 58.9 Å². The number of quaternary nitrogens is 1. The van der Waals surface area contributed by atoms with Crippen LogP contribution >= 0.6 is 0 Å². The third-order valence-electron chi connectivity index (χ3n) is 6.21. The minimum Gasteiger partial charge on any atom is -0.594 e. The molecule has 0 aliphatic carbocycles. The summed E-state index contributed by atoms with van der Waals surface area (Å²) < 4.78 is 12.5. The number of aromatic nitrogens is 1. The summed E-state index contributed by atoms with van der Waals surface area (Å²) in [4.78, 5) is 2.70. The van der Waals surface area contributed by atoms with Crippen LogP contribution in [-0.4, -0.2) is 55.5 Å². The van der Waals surface area contributed by atoms with Gasteiger partial charge in [0.15, 0.2) is 0 Å². The number of aliphatic hydroxyl groups is 2. The van der Waals surface area contributed by atoms with Crippen LogP contribution in [0.2, 0.25) is 0 Å². The Morgan fingerprint density at radius 2 is 2.04 bits per heavy atom. The fourth-order valence-corrected chi connectivity index (χ4v) is 4.25. The largest absolute Gasteiger partial charge is 0.594 e. The number of ether oxygens (including phenoxy) is 2. The molecule has 1 aromatic heterocycles. The van der Waals surface area contributed by atoms with Crippen LogP contribution in [0.5, 0.6) is 0 Å². The average Bonchev–Trinajstić information content (AvgIpc) is 3.26. The minimum atomic E-state index is -1.02. The van der Waals surface area contributed by atoms with E-state index in [9.17, 15) is 15.4 Å². The molecule has 0 spiro atoms. The highest BCUT2D eigenvalue weighted by atomic mass is 16.8. The van der Waals surface area contributed by atoms with Gasteiger partial charge in [0.05, 0.1) is 35.1 Å². The molecular formula is C19H32N2O6. The topological polar surface area (TPSA) is 122 Å². The molecule has 8 nitrogen and oxygen atoms in total.